The van der Waals surface area contributed by atoms with Gasteiger partial charge in [-0.3, -0.25) is 0 Å². The molecule has 0 bridgehead atoms. The van der Waals surface area contributed by atoms with Crippen LogP contribution in [0.4, 0.5) is 0 Å². The molecular weight excluding hydrogens is 166 g/mol. The van der Waals surface area contributed by atoms with Crippen LogP contribution in [0.1, 0.15) is 13.8 Å². The predicted molar refractivity (Wildman–Crippen MR) is 54.4 cm³/mol. The average Bonchev–Trinajstić information content (AvgIpc) is 2.10. The highest BCUT2D eigenvalue weighted by atomic mass is 16.6. The third-order valence-corrected chi connectivity index (χ3v) is 1.29. The van der Waals surface area contributed by atoms with Crippen LogP contribution in [0.2, 0.25) is 0 Å². The van der Waals surface area contributed by atoms with E-state index in [1.54, 1.807) is 6.92 Å². The van der Waals surface area contributed by atoms with Crippen LogP contribution in [0.5, 0.6) is 0 Å². The highest BCUT2D eigenvalue weighted by Crippen LogP contribution is 1.85. The van der Waals surface area contributed by atoms with Gasteiger partial charge in [-0.15, -0.1) is 0 Å². The van der Waals surface area contributed by atoms with E-state index >= 15 is 0 Å². The summed E-state index contributed by atoms with van der Waals surface area (Å²) in [6.45, 7) is 4.85. The van der Waals surface area contributed by atoms with Crippen molar-refractivity contribution in [3.05, 3.63) is 0 Å². The van der Waals surface area contributed by atoms with Crippen molar-refractivity contribution in [2.24, 2.45) is 10.9 Å². The van der Waals surface area contributed by atoms with Crippen molar-refractivity contribution in [1.82, 2.24) is 5.32 Å². The summed E-state index contributed by atoms with van der Waals surface area (Å²) in [5, 5.41) is 6.77. The van der Waals surface area contributed by atoms with Crippen molar-refractivity contribution in [2.75, 3.05) is 20.2 Å². The topological polar surface area (TPSA) is 59.6 Å². The number of hydrogen-bond donors (Lipinski definition) is 2. The molecule has 0 aliphatic rings. The van der Waals surface area contributed by atoms with E-state index in [1.807, 2.05) is 14.0 Å². The first-order chi connectivity index (χ1) is 6.22. The Bertz CT molecular complexity index is 213. The Labute approximate surface area is 79.5 Å². The molecule has 0 aromatic rings. The Morgan fingerprint density at radius 2 is 2.38 bits per heavy atom. The molecule has 0 saturated heterocycles. The molecule has 4 nitrogen and oxygen atoms in total. The third kappa shape index (κ3) is 6.14. The zero-order chi connectivity index (χ0) is 10.1. The monoisotopic (exact) mass is 183 g/mol. The van der Waals surface area contributed by atoms with E-state index in [1.165, 1.54) is 0 Å². The maximum atomic E-state index is 5.61. The molecule has 0 aromatic carbocycles. The van der Waals surface area contributed by atoms with E-state index in [0.717, 1.165) is 6.54 Å². The van der Waals surface area contributed by atoms with E-state index < -0.39 is 0 Å². The van der Waals surface area contributed by atoms with Gasteiger partial charge < -0.3 is 15.9 Å². The molecule has 0 heterocycles. The molecule has 74 valence electrons. The van der Waals surface area contributed by atoms with Crippen LogP contribution in [-0.2, 0) is 4.84 Å². The van der Waals surface area contributed by atoms with Gasteiger partial charge in [0.25, 0.3) is 0 Å². The van der Waals surface area contributed by atoms with Crippen LogP contribution in [0.3, 0.4) is 0 Å². The molecule has 0 spiro atoms. The summed E-state index contributed by atoms with van der Waals surface area (Å²) in [5.74, 6) is 5.52. The van der Waals surface area contributed by atoms with Gasteiger partial charge in [0.05, 0.1) is 6.04 Å². The van der Waals surface area contributed by atoms with E-state index in [4.69, 9.17) is 10.6 Å². The number of hydrogen-bond acceptors (Lipinski definition) is 4. The number of nitrogens with one attached hydrogen (secondary N) is 1. The van der Waals surface area contributed by atoms with Gasteiger partial charge in [-0.1, -0.05) is 11.1 Å². The van der Waals surface area contributed by atoms with E-state index in [0.29, 0.717) is 12.3 Å². The lowest BCUT2D eigenvalue weighted by Gasteiger charge is -2.03. The molecule has 0 aliphatic carbocycles. The zero-order valence-electron chi connectivity index (χ0n) is 8.42. The fraction of sp³-hybridized carbons (Fsp3) is 0.667. The maximum absolute atomic E-state index is 5.61. The predicted octanol–water partition coefficient (Wildman–Crippen LogP) is -0.0511. The summed E-state index contributed by atoms with van der Waals surface area (Å²) in [6, 6.07) is -0.179. The quantitative estimate of drug-likeness (QED) is 0.272. The fourth-order valence-electron chi connectivity index (χ4n) is 0.611. The maximum Gasteiger partial charge on any atom is 0.146 e. The number of rotatable bonds is 5. The van der Waals surface area contributed by atoms with Gasteiger partial charge in [0.1, 0.15) is 12.3 Å². The smallest absolute Gasteiger partial charge is 0.146 e. The Hall–Kier alpha value is -1.05. The van der Waals surface area contributed by atoms with Crippen molar-refractivity contribution < 1.29 is 4.84 Å². The molecule has 0 saturated carbocycles. The first-order valence-electron chi connectivity index (χ1n) is 4.25. The molecular formula is C9H17N3O. The Kier molecular flexibility index (Phi) is 6.98. The van der Waals surface area contributed by atoms with Crippen molar-refractivity contribution >= 4 is 5.71 Å². The van der Waals surface area contributed by atoms with E-state index in [-0.39, 0.29) is 6.04 Å². The highest BCUT2D eigenvalue weighted by molar-refractivity contribution is 6.03. The second-order valence-corrected chi connectivity index (χ2v) is 2.58. The van der Waals surface area contributed by atoms with Crippen LogP contribution < -0.4 is 11.1 Å². The summed E-state index contributed by atoms with van der Waals surface area (Å²) >= 11 is 0. The molecule has 0 aromatic heterocycles. The summed E-state index contributed by atoms with van der Waals surface area (Å²) in [7, 11) is 1.85. The Balaban J connectivity index is 3.95. The van der Waals surface area contributed by atoms with Crippen LogP contribution in [0.25, 0.3) is 0 Å². The molecule has 13 heavy (non-hydrogen) atoms. The summed E-state index contributed by atoms with van der Waals surface area (Å²) < 4.78 is 0. The minimum absolute atomic E-state index is 0.179. The standard InChI is InChI=1S/C9H17N3O/c1-4-5-9(8(2)10)12-13-7-6-11-3/h8,11H,6-7,10H2,1-3H3/b12-9+. The molecule has 0 amide bonds. The van der Waals surface area contributed by atoms with Crippen molar-refractivity contribution in [3.63, 3.8) is 0 Å². The van der Waals surface area contributed by atoms with Crippen molar-refractivity contribution in [1.29, 1.82) is 0 Å². The van der Waals surface area contributed by atoms with E-state index in [2.05, 4.69) is 22.3 Å². The summed E-state index contributed by atoms with van der Waals surface area (Å²) in [6.07, 6.45) is 0. The highest BCUT2D eigenvalue weighted by Gasteiger charge is 2.01. The lowest BCUT2D eigenvalue weighted by molar-refractivity contribution is 0.147. The minimum atomic E-state index is -0.179. The number of nitrogens with zero attached hydrogens (tertiary/aromatic N) is 1. The molecule has 1 unspecified atom stereocenters. The van der Waals surface area contributed by atoms with Crippen LogP contribution >= 0.6 is 0 Å². The molecule has 0 fully saturated rings. The fourth-order valence-corrected chi connectivity index (χ4v) is 0.611. The van der Waals surface area contributed by atoms with Gasteiger partial charge >= 0.3 is 0 Å². The summed E-state index contributed by atoms with van der Waals surface area (Å²) in [4.78, 5) is 4.99. The molecule has 0 rings (SSSR count). The largest absolute Gasteiger partial charge is 0.394 e. The van der Waals surface area contributed by atoms with E-state index in [9.17, 15) is 0 Å². The van der Waals surface area contributed by atoms with Gasteiger partial charge in [0.2, 0.25) is 0 Å². The second kappa shape index (κ2) is 7.59. The summed E-state index contributed by atoms with van der Waals surface area (Å²) in [5.41, 5.74) is 6.19. The second-order valence-electron chi connectivity index (χ2n) is 2.58. The van der Waals surface area contributed by atoms with Crippen LogP contribution in [0.15, 0.2) is 5.16 Å². The van der Waals surface area contributed by atoms with Gasteiger partial charge in [-0.2, -0.15) is 0 Å². The van der Waals surface area contributed by atoms with Gasteiger partial charge in [-0.25, -0.2) is 0 Å². The van der Waals surface area contributed by atoms with Gasteiger partial charge in [0.15, 0.2) is 0 Å². The first kappa shape index (κ1) is 11.9. The average molecular weight is 183 g/mol. The number of likely N-dealkylation sites (N-methyl/N-ethyl adjacent to an activating group) is 1. The van der Waals surface area contributed by atoms with Crippen molar-refractivity contribution in [2.45, 2.75) is 19.9 Å². The lowest BCUT2D eigenvalue weighted by atomic mass is 10.2. The lowest BCUT2D eigenvalue weighted by Crippen LogP contribution is -2.26. The Morgan fingerprint density at radius 3 is 2.85 bits per heavy atom. The first-order valence-corrected chi connectivity index (χ1v) is 4.25. The van der Waals surface area contributed by atoms with Crippen molar-refractivity contribution in [3.8, 4) is 11.8 Å². The normalized spacial score (nSPS) is 13.1. The van der Waals surface area contributed by atoms with Gasteiger partial charge in [0, 0.05) is 6.54 Å². The number of oxime groups is 1. The molecule has 0 radical (unpaired) electrons. The molecule has 4 heteroatoms. The molecule has 0 aliphatic heterocycles. The molecule has 3 N–H and O–H groups in total. The Morgan fingerprint density at radius 1 is 1.69 bits per heavy atom. The molecule has 1 atom stereocenters. The van der Waals surface area contributed by atoms with Crippen LogP contribution in [-0.4, -0.2) is 32.0 Å². The SMILES string of the molecule is CC#C/C(=N\OCCNC)C(C)N. The number of nitrogens with two attached hydrogens (primary N) is 1. The zero-order valence-corrected chi connectivity index (χ0v) is 8.42. The van der Waals surface area contributed by atoms with Crippen LogP contribution in [0, 0.1) is 11.8 Å². The minimum Gasteiger partial charge on any atom is -0.394 e. The third-order valence-electron chi connectivity index (χ3n) is 1.29. The van der Waals surface area contributed by atoms with Gasteiger partial charge in [-0.05, 0) is 26.8 Å².